The van der Waals surface area contributed by atoms with Crippen molar-refractivity contribution in [1.29, 1.82) is 0 Å². The molecule has 1 N–H and O–H groups in total. The standard InChI is InChI=1S/C12H13N3O/c16-12(14-10-2-1-3-10)9-5-7-15-11(8-9)4-6-13-15/h4-8,10H,1-3H2,(H,14,16). The van der Waals surface area contributed by atoms with E-state index in [4.69, 9.17) is 0 Å². The average molecular weight is 215 g/mol. The van der Waals surface area contributed by atoms with Gasteiger partial charge in [0.2, 0.25) is 0 Å². The lowest BCUT2D eigenvalue weighted by Crippen LogP contribution is -2.39. The van der Waals surface area contributed by atoms with Crippen LogP contribution in [0.4, 0.5) is 0 Å². The van der Waals surface area contributed by atoms with Gasteiger partial charge in [-0.3, -0.25) is 4.79 Å². The summed E-state index contributed by atoms with van der Waals surface area (Å²) < 4.78 is 1.75. The minimum absolute atomic E-state index is 0.0217. The molecule has 1 amide bonds. The molecule has 1 saturated carbocycles. The lowest BCUT2D eigenvalue weighted by atomic mass is 9.93. The number of nitrogens with zero attached hydrogens (tertiary/aromatic N) is 2. The van der Waals surface area contributed by atoms with Crippen molar-refractivity contribution in [2.75, 3.05) is 0 Å². The summed E-state index contributed by atoms with van der Waals surface area (Å²) >= 11 is 0. The van der Waals surface area contributed by atoms with Gasteiger partial charge in [-0.25, -0.2) is 4.52 Å². The van der Waals surface area contributed by atoms with Crippen LogP contribution in [0.15, 0.2) is 30.6 Å². The lowest BCUT2D eigenvalue weighted by molar-refractivity contribution is 0.0917. The SMILES string of the molecule is O=C(NC1CCC1)c1ccn2nccc2c1. The van der Waals surface area contributed by atoms with Crippen LogP contribution in [0.5, 0.6) is 0 Å². The van der Waals surface area contributed by atoms with Crippen molar-refractivity contribution < 1.29 is 4.79 Å². The van der Waals surface area contributed by atoms with Crippen LogP contribution in [-0.4, -0.2) is 21.6 Å². The van der Waals surface area contributed by atoms with Crippen LogP contribution >= 0.6 is 0 Å². The maximum Gasteiger partial charge on any atom is 0.251 e. The van der Waals surface area contributed by atoms with Crippen LogP contribution in [-0.2, 0) is 0 Å². The average Bonchev–Trinajstić information content (AvgIpc) is 2.69. The zero-order chi connectivity index (χ0) is 11.0. The Hall–Kier alpha value is -1.84. The predicted octanol–water partition coefficient (Wildman–Crippen LogP) is 1.62. The molecule has 0 aromatic carbocycles. The molecule has 1 aliphatic rings. The minimum Gasteiger partial charge on any atom is -0.349 e. The molecule has 0 aliphatic heterocycles. The molecule has 4 nitrogen and oxygen atoms in total. The van der Waals surface area contributed by atoms with E-state index in [1.54, 1.807) is 16.8 Å². The number of fused-ring (bicyclic) bond motifs is 1. The van der Waals surface area contributed by atoms with Crippen molar-refractivity contribution >= 4 is 11.4 Å². The molecule has 2 aromatic heterocycles. The van der Waals surface area contributed by atoms with Crippen LogP contribution in [0.3, 0.4) is 0 Å². The summed E-state index contributed by atoms with van der Waals surface area (Å²) in [6.07, 6.45) is 6.99. The van der Waals surface area contributed by atoms with Crippen molar-refractivity contribution in [2.45, 2.75) is 25.3 Å². The molecule has 16 heavy (non-hydrogen) atoms. The molecule has 4 heteroatoms. The summed E-state index contributed by atoms with van der Waals surface area (Å²) in [6.45, 7) is 0. The van der Waals surface area contributed by atoms with Gasteiger partial charge in [-0.1, -0.05) is 0 Å². The van der Waals surface area contributed by atoms with E-state index >= 15 is 0 Å². The molecule has 2 aromatic rings. The summed E-state index contributed by atoms with van der Waals surface area (Å²) in [6, 6.07) is 5.93. The summed E-state index contributed by atoms with van der Waals surface area (Å²) in [5.74, 6) is 0.0217. The summed E-state index contributed by atoms with van der Waals surface area (Å²) in [5, 5.41) is 7.11. The third-order valence-electron chi connectivity index (χ3n) is 3.10. The number of amides is 1. The van der Waals surface area contributed by atoms with Crippen LogP contribution in [0.1, 0.15) is 29.6 Å². The maximum atomic E-state index is 11.9. The first-order chi connectivity index (χ1) is 7.83. The molecule has 0 unspecified atom stereocenters. The number of nitrogens with one attached hydrogen (secondary N) is 1. The van der Waals surface area contributed by atoms with Crippen molar-refractivity contribution in [3.05, 3.63) is 36.2 Å². The predicted molar refractivity (Wildman–Crippen MR) is 60.3 cm³/mol. The second-order valence-corrected chi connectivity index (χ2v) is 4.22. The first-order valence-electron chi connectivity index (χ1n) is 5.57. The fourth-order valence-electron chi connectivity index (χ4n) is 1.88. The normalized spacial score (nSPS) is 16.0. The number of rotatable bonds is 2. The molecule has 82 valence electrons. The van der Waals surface area contributed by atoms with Crippen LogP contribution in [0.2, 0.25) is 0 Å². The zero-order valence-electron chi connectivity index (χ0n) is 8.89. The van der Waals surface area contributed by atoms with Crippen molar-refractivity contribution in [3.63, 3.8) is 0 Å². The molecule has 1 aliphatic carbocycles. The smallest absolute Gasteiger partial charge is 0.251 e. The van der Waals surface area contributed by atoms with E-state index in [1.807, 2.05) is 18.3 Å². The number of pyridine rings is 1. The Bertz CT molecular complexity index is 528. The van der Waals surface area contributed by atoms with Gasteiger partial charge in [0.05, 0.1) is 5.52 Å². The quantitative estimate of drug-likeness (QED) is 0.827. The first-order valence-corrected chi connectivity index (χ1v) is 5.57. The first kappa shape index (κ1) is 9.39. The largest absolute Gasteiger partial charge is 0.349 e. The Balaban J connectivity index is 1.83. The van der Waals surface area contributed by atoms with E-state index < -0.39 is 0 Å². The Kier molecular flexibility index (Phi) is 2.13. The van der Waals surface area contributed by atoms with Crippen molar-refractivity contribution in [2.24, 2.45) is 0 Å². The van der Waals surface area contributed by atoms with E-state index in [9.17, 15) is 4.79 Å². The van der Waals surface area contributed by atoms with E-state index in [2.05, 4.69) is 10.4 Å². The van der Waals surface area contributed by atoms with Crippen molar-refractivity contribution in [3.8, 4) is 0 Å². The molecule has 1 fully saturated rings. The van der Waals surface area contributed by atoms with E-state index in [0.717, 1.165) is 18.4 Å². The van der Waals surface area contributed by atoms with E-state index in [0.29, 0.717) is 11.6 Å². The summed E-state index contributed by atoms with van der Waals surface area (Å²) in [5.41, 5.74) is 1.65. The van der Waals surface area contributed by atoms with Gasteiger partial charge in [0.15, 0.2) is 0 Å². The second-order valence-electron chi connectivity index (χ2n) is 4.22. The molecular formula is C12H13N3O. The molecule has 0 radical (unpaired) electrons. The van der Waals surface area contributed by atoms with Gasteiger partial charge in [0.1, 0.15) is 0 Å². The maximum absolute atomic E-state index is 11.9. The summed E-state index contributed by atoms with van der Waals surface area (Å²) in [4.78, 5) is 11.9. The zero-order valence-corrected chi connectivity index (χ0v) is 8.89. The van der Waals surface area contributed by atoms with E-state index in [1.165, 1.54) is 6.42 Å². The molecule has 0 spiro atoms. The third kappa shape index (κ3) is 1.56. The highest BCUT2D eigenvalue weighted by Crippen LogP contribution is 2.18. The van der Waals surface area contributed by atoms with Gasteiger partial charge >= 0.3 is 0 Å². The Morgan fingerprint density at radius 3 is 3.06 bits per heavy atom. The molecule has 0 atom stereocenters. The highest BCUT2D eigenvalue weighted by molar-refractivity contribution is 5.95. The molecular weight excluding hydrogens is 202 g/mol. The number of hydrogen-bond donors (Lipinski definition) is 1. The topological polar surface area (TPSA) is 46.4 Å². The van der Waals surface area contributed by atoms with Crippen LogP contribution in [0.25, 0.3) is 5.52 Å². The molecule has 0 saturated heterocycles. The molecule has 3 rings (SSSR count). The van der Waals surface area contributed by atoms with Crippen molar-refractivity contribution in [1.82, 2.24) is 14.9 Å². The minimum atomic E-state index is 0.0217. The van der Waals surface area contributed by atoms with Gasteiger partial charge in [-0.2, -0.15) is 5.10 Å². The number of carbonyl (C=O) groups excluding carboxylic acids is 1. The van der Waals surface area contributed by atoms with Crippen LogP contribution in [0, 0.1) is 0 Å². The Labute approximate surface area is 93.3 Å². The van der Waals surface area contributed by atoms with Gasteiger partial charge in [-0.15, -0.1) is 0 Å². The van der Waals surface area contributed by atoms with Gasteiger partial charge in [0, 0.05) is 24.0 Å². The Morgan fingerprint density at radius 1 is 1.44 bits per heavy atom. The fraction of sp³-hybridized carbons (Fsp3) is 0.333. The highest BCUT2D eigenvalue weighted by Gasteiger charge is 2.20. The second kappa shape index (κ2) is 3.63. The molecule has 2 heterocycles. The third-order valence-corrected chi connectivity index (χ3v) is 3.10. The van der Waals surface area contributed by atoms with Crippen LogP contribution < -0.4 is 5.32 Å². The number of carbonyl (C=O) groups is 1. The van der Waals surface area contributed by atoms with E-state index in [-0.39, 0.29) is 5.91 Å². The molecule has 0 bridgehead atoms. The summed E-state index contributed by atoms with van der Waals surface area (Å²) in [7, 11) is 0. The number of hydrogen-bond acceptors (Lipinski definition) is 2. The monoisotopic (exact) mass is 215 g/mol. The van der Waals surface area contributed by atoms with Gasteiger partial charge < -0.3 is 5.32 Å². The number of aromatic nitrogens is 2. The van der Waals surface area contributed by atoms with Gasteiger partial charge in [0.25, 0.3) is 5.91 Å². The lowest BCUT2D eigenvalue weighted by Gasteiger charge is -2.26. The highest BCUT2D eigenvalue weighted by atomic mass is 16.1. The Morgan fingerprint density at radius 2 is 2.31 bits per heavy atom. The van der Waals surface area contributed by atoms with Gasteiger partial charge in [-0.05, 0) is 37.5 Å². The fourth-order valence-corrected chi connectivity index (χ4v) is 1.88.